The molecular formula is C22H25FN2O. The van der Waals surface area contributed by atoms with Crippen LogP contribution in [0.2, 0.25) is 0 Å². The average Bonchev–Trinajstić information content (AvgIpc) is 2.64. The monoisotopic (exact) mass is 352 g/mol. The minimum Gasteiger partial charge on any atom is -0.493 e. The van der Waals surface area contributed by atoms with Crippen molar-refractivity contribution in [2.45, 2.75) is 39.7 Å². The largest absolute Gasteiger partial charge is 0.493 e. The molecule has 3 nitrogen and oxygen atoms in total. The van der Waals surface area contributed by atoms with E-state index in [1.165, 1.54) is 30.5 Å². The van der Waals surface area contributed by atoms with Gasteiger partial charge in [-0.25, -0.2) is 9.37 Å². The number of fused-ring (bicyclic) bond motifs is 1. The normalized spacial score (nSPS) is 10.9. The highest BCUT2D eigenvalue weighted by Crippen LogP contribution is 2.23. The first-order valence-corrected chi connectivity index (χ1v) is 9.18. The van der Waals surface area contributed by atoms with Gasteiger partial charge in [0.2, 0.25) is 0 Å². The number of nitrogens with one attached hydrogen (secondary N) is 1. The predicted octanol–water partition coefficient (Wildman–Crippen LogP) is 5.86. The lowest BCUT2D eigenvalue weighted by Crippen LogP contribution is -2.06. The van der Waals surface area contributed by atoms with Crippen LogP contribution in [-0.4, -0.2) is 11.6 Å². The molecule has 0 atom stereocenters. The van der Waals surface area contributed by atoms with Crippen molar-refractivity contribution < 1.29 is 9.13 Å². The van der Waals surface area contributed by atoms with Crippen LogP contribution in [0.5, 0.6) is 5.75 Å². The van der Waals surface area contributed by atoms with Gasteiger partial charge in [-0.05, 0) is 49.2 Å². The minimum atomic E-state index is -0.275. The summed E-state index contributed by atoms with van der Waals surface area (Å²) in [6.45, 7) is 5.59. The summed E-state index contributed by atoms with van der Waals surface area (Å²) in [4.78, 5) is 4.49. The quantitative estimate of drug-likeness (QED) is 0.515. The molecule has 0 amide bonds. The van der Waals surface area contributed by atoms with E-state index in [-0.39, 0.29) is 5.82 Å². The molecule has 1 aromatic heterocycles. The summed E-state index contributed by atoms with van der Waals surface area (Å²) in [5.41, 5.74) is 2.92. The molecule has 0 saturated heterocycles. The van der Waals surface area contributed by atoms with Gasteiger partial charge in [-0.3, -0.25) is 0 Å². The van der Waals surface area contributed by atoms with Crippen molar-refractivity contribution in [2.75, 3.05) is 11.9 Å². The van der Waals surface area contributed by atoms with Crippen LogP contribution in [0.1, 0.15) is 37.3 Å². The summed E-state index contributed by atoms with van der Waals surface area (Å²) < 4.78 is 19.4. The molecule has 0 aliphatic heterocycles. The number of ether oxygens (including phenoxy) is 1. The van der Waals surface area contributed by atoms with E-state index in [1.807, 2.05) is 12.1 Å². The maximum Gasteiger partial charge on any atom is 0.126 e. The van der Waals surface area contributed by atoms with Crippen molar-refractivity contribution in [3.05, 3.63) is 65.5 Å². The highest BCUT2D eigenvalue weighted by Gasteiger charge is 2.06. The first-order valence-electron chi connectivity index (χ1n) is 9.18. The molecule has 0 radical (unpaired) electrons. The van der Waals surface area contributed by atoms with Gasteiger partial charge in [-0.1, -0.05) is 31.9 Å². The maximum atomic E-state index is 13.4. The van der Waals surface area contributed by atoms with Crippen LogP contribution >= 0.6 is 0 Å². The average molecular weight is 352 g/mol. The Morgan fingerprint density at radius 3 is 2.73 bits per heavy atom. The molecule has 0 spiro atoms. The van der Waals surface area contributed by atoms with Gasteiger partial charge in [0.1, 0.15) is 17.4 Å². The Morgan fingerprint density at radius 2 is 1.88 bits per heavy atom. The molecule has 26 heavy (non-hydrogen) atoms. The van der Waals surface area contributed by atoms with Gasteiger partial charge in [-0.2, -0.15) is 0 Å². The Balaban J connectivity index is 1.70. The zero-order chi connectivity index (χ0) is 18.4. The fourth-order valence-corrected chi connectivity index (χ4v) is 2.85. The molecular weight excluding hydrogens is 327 g/mol. The van der Waals surface area contributed by atoms with Gasteiger partial charge in [-0.15, -0.1) is 0 Å². The number of pyridine rings is 1. The fourth-order valence-electron chi connectivity index (χ4n) is 2.85. The smallest absolute Gasteiger partial charge is 0.126 e. The number of hydrogen-bond donors (Lipinski definition) is 1. The van der Waals surface area contributed by atoms with E-state index >= 15 is 0 Å². The zero-order valence-corrected chi connectivity index (χ0v) is 15.4. The highest BCUT2D eigenvalue weighted by molar-refractivity contribution is 5.80. The van der Waals surface area contributed by atoms with E-state index in [0.717, 1.165) is 35.5 Å². The van der Waals surface area contributed by atoms with Crippen LogP contribution in [0.25, 0.3) is 10.9 Å². The summed E-state index contributed by atoms with van der Waals surface area (Å²) in [6, 6.07) is 14.7. The molecule has 4 heteroatoms. The van der Waals surface area contributed by atoms with Crippen LogP contribution in [0.3, 0.4) is 0 Å². The maximum absolute atomic E-state index is 13.4. The second-order valence-corrected chi connectivity index (χ2v) is 6.55. The summed E-state index contributed by atoms with van der Waals surface area (Å²) in [6.07, 6.45) is 3.42. The molecule has 0 aliphatic rings. The summed E-state index contributed by atoms with van der Waals surface area (Å²) in [5.74, 6) is 1.37. The number of aromatic nitrogens is 1. The van der Waals surface area contributed by atoms with Gasteiger partial charge in [0.25, 0.3) is 0 Å². The molecule has 0 unspecified atom stereocenters. The minimum absolute atomic E-state index is 0.275. The number of halogens is 1. The molecule has 0 aliphatic carbocycles. The number of aryl methyl sites for hydroxylation is 1. The molecule has 136 valence electrons. The topological polar surface area (TPSA) is 34.1 Å². The number of anilines is 1. The van der Waals surface area contributed by atoms with Crippen LogP contribution in [0.15, 0.2) is 48.5 Å². The summed E-state index contributed by atoms with van der Waals surface area (Å²) in [5, 5.41) is 4.24. The second kappa shape index (κ2) is 8.65. The van der Waals surface area contributed by atoms with Gasteiger partial charge < -0.3 is 10.1 Å². The standard InChI is InChI=1S/C22H25FN2O/c1-3-4-5-12-26-21-13-16(2)6-7-18(21)15-24-22-11-9-17-8-10-19(23)14-20(17)25-22/h6-11,13-14H,3-5,12,15H2,1-2H3,(H,24,25). The zero-order valence-electron chi connectivity index (χ0n) is 15.4. The van der Waals surface area contributed by atoms with Gasteiger partial charge >= 0.3 is 0 Å². The van der Waals surface area contributed by atoms with Crippen molar-refractivity contribution in [1.82, 2.24) is 4.98 Å². The Labute approximate surface area is 154 Å². The lowest BCUT2D eigenvalue weighted by molar-refractivity contribution is 0.303. The van der Waals surface area contributed by atoms with Crippen LogP contribution in [-0.2, 0) is 6.54 Å². The number of hydrogen-bond acceptors (Lipinski definition) is 3. The van der Waals surface area contributed by atoms with Crippen LogP contribution < -0.4 is 10.1 Å². The summed E-state index contributed by atoms with van der Waals surface area (Å²) >= 11 is 0. The van der Waals surface area contributed by atoms with Crippen molar-refractivity contribution in [3.63, 3.8) is 0 Å². The lowest BCUT2D eigenvalue weighted by Gasteiger charge is -2.14. The van der Waals surface area contributed by atoms with E-state index < -0.39 is 0 Å². The lowest BCUT2D eigenvalue weighted by atomic mass is 10.1. The molecule has 0 fully saturated rings. The molecule has 3 aromatic rings. The number of rotatable bonds is 8. The third kappa shape index (κ3) is 4.72. The molecule has 1 N–H and O–H groups in total. The van der Waals surface area contributed by atoms with E-state index in [9.17, 15) is 4.39 Å². The van der Waals surface area contributed by atoms with Crippen molar-refractivity contribution in [1.29, 1.82) is 0 Å². The first-order chi connectivity index (χ1) is 12.7. The van der Waals surface area contributed by atoms with Gasteiger partial charge in [0, 0.05) is 23.6 Å². The van der Waals surface area contributed by atoms with Crippen molar-refractivity contribution in [2.24, 2.45) is 0 Å². The van der Waals surface area contributed by atoms with Crippen LogP contribution in [0, 0.1) is 12.7 Å². The molecule has 0 saturated carbocycles. The number of unbranched alkanes of at least 4 members (excludes halogenated alkanes) is 2. The first kappa shape index (κ1) is 18.2. The Kier molecular flexibility index (Phi) is 6.05. The van der Waals surface area contributed by atoms with E-state index in [2.05, 4.69) is 42.3 Å². The van der Waals surface area contributed by atoms with Gasteiger partial charge in [0.05, 0.1) is 12.1 Å². The Morgan fingerprint density at radius 1 is 1.04 bits per heavy atom. The molecule has 3 rings (SSSR count). The van der Waals surface area contributed by atoms with Gasteiger partial charge in [0.15, 0.2) is 0 Å². The third-order valence-corrected chi connectivity index (χ3v) is 4.34. The van der Waals surface area contributed by atoms with Crippen molar-refractivity contribution in [3.8, 4) is 5.75 Å². The fraction of sp³-hybridized carbons (Fsp3) is 0.318. The summed E-state index contributed by atoms with van der Waals surface area (Å²) in [7, 11) is 0. The van der Waals surface area contributed by atoms with Crippen molar-refractivity contribution >= 4 is 16.7 Å². The Hall–Kier alpha value is -2.62. The van der Waals surface area contributed by atoms with E-state index in [0.29, 0.717) is 12.1 Å². The second-order valence-electron chi connectivity index (χ2n) is 6.55. The molecule has 0 bridgehead atoms. The number of benzene rings is 2. The van der Waals surface area contributed by atoms with Crippen LogP contribution in [0.4, 0.5) is 10.2 Å². The Bertz CT molecular complexity index is 879. The SMILES string of the molecule is CCCCCOc1cc(C)ccc1CNc1ccc2ccc(F)cc2n1. The number of nitrogens with zero attached hydrogens (tertiary/aromatic N) is 1. The van der Waals surface area contributed by atoms with E-state index in [1.54, 1.807) is 6.07 Å². The van der Waals surface area contributed by atoms with E-state index in [4.69, 9.17) is 4.74 Å². The molecule has 2 aromatic carbocycles. The predicted molar refractivity (Wildman–Crippen MR) is 105 cm³/mol. The third-order valence-electron chi connectivity index (χ3n) is 4.34. The highest BCUT2D eigenvalue weighted by atomic mass is 19.1. The molecule has 1 heterocycles.